The standard InChI is InChI=1S/C13H17NO2/c1-13-4-5-14-11(12(13)16)6-8-2-3-9(15)7-10(8)13/h2-3,7,11-12,14-16H,4-6H2,1H3/t11?,12-,13-/m1/s1. The van der Waals surface area contributed by atoms with Gasteiger partial charge in [0.15, 0.2) is 0 Å². The molecule has 0 amide bonds. The molecule has 1 aromatic rings. The van der Waals surface area contributed by atoms with Gasteiger partial charge in [0.2, 0.25) is 0 Å². The first-order chi connectivity index (χ1) is 7.61. The molecule has 3 nitrogen and oxygen atoms in total. The molecule has 1 saturated heterocycles. The number of hydrogen-bond acceptors (Lipinski definition) is 3. The summed E-state index contributed by atoms with van der Waals surface area (Å²) in [4.78, 5) is 0. The average molecular weight is 219 g/mol. The van der Waals surface area contributed by atoms with Gasteiger partial charge in [-0.15, -0.1) is 0 Å². The Kier molecular flexibility index (Phi) is 2.03. The number of aromatic hydroxyl groups is 1. The third-order valence-electron chi connectivity index (χ3n) is 4.23. The second kappa shape index (κ2) is 3.22. The molecule has 1 heterocycles. The Bertz CT molecular complexity index is 432. The van der Waals surface area contributed by atoms with Gasteiger partial charge in [0.1, 0.15) is 5.75 Å². The molecular weight excluding hydrogens is 202 g/mol. The number of piperidine rings is 1. The minimum Gasteiger partial charge on any atom is -0.508 e. The first-order valence-corrected chi connectivity index (χ1v) is 5.85. The fourth-order valence-electron chi connectivity index (χ4n) is 3.21. The molecule has 3 rings (SSSR count). The van der Waals surface area contributed by atoms with Gasteiger partial charge in [0.25, 0.3) is 0 Å². The Morgan fingerprint density at radius 2 is 2.25 bits per heavy atom. The molecule has 3 heteroatoms. The van der Waals surface area contributed by atoms with Crippen LogP contribution in [0.3, 0.4) is 0 Å². The van der Waals surface area contributed by atoms with Crippen LogP contribution in [-0.4, -0.2) is 28.9 Å². The molecule has 1 aliphatic heterocycles. The Morgan fingerprint density at radius 3 is 3.06 bits per heavy atom. The summed E-state index contributed by atoms with van der Waals surface area (Å²) in [6.07, 6.45) is 1.42. The fourth-order valence-corrected chi connectivity index (χ4v) is 3.21. The second-order valence-corrected chi connectivity index (χ2v) is 5.22. The van der Waals surface area contributed by atoms with Crippen molar-refractivity contribution in [3.63, 3.8) is 0 Å². The molecule has 16 heavy (non-hydrogen) atoms. The first-order valence-electron chi connectivity index (χ1n) is 5.85. The number of aliphatic hydroxyl groups is 1. The van der Waals surface area contributed by atoms with Crippen LogP contribution in [0.4, 0.5) is 0 Å². The van der Waals surface area contributed by atoms with Crippen LogP contribution in [0.25, 0.3) is 0 Å². The molecule has 3 atom stereocenters. The van der Waals surface area contributed by atoms with Crippen molar-refractivity contribution in [3.05, 3.63) is 29.3 Å². The number of nitrogens with one attached hydrogen (secondary N) is 1. The van der Waals surface area contributed by atoms with Crippen LogP contribution in [0.2, 0.25) is 0 Å². The van der Waals surface area contributed by atoms with Gasteiger partial charge in [0.05, 0.1) is 6.10 Å². The summed E-state index contributed by atoms with van der Waals surface area (Å²) in [7, 11) is 0. The zero-order valence-electron chi connectivity index (χ0n) is 9.40. The zero-order valence-corrected chi connectivity index (χ0v) is 9.40. The maximum Gasteiger partial charge on any atom is 0.115 e. The van der Waals surface area contributed by atoms with E-state index < -0.39 is 0 Å². The molecule has 3 N–H and O–H groups in total. The van der Waals surface area contributed by atoms with Gasteiger partial charge in [-0.2, -0.15) is 0 Å². The second-order valence-electron chi connectivity index (χ2n) is 5.22. The van der Waals surface area contributed by atoms with Gasteiger partial charge < -0.3 is 15.5 Å². The zero-order chi connectivity index (χ0) is 11.3. The van der Waals surface area contributed by atoms with Crippen LogP contribution in [-0.2, 0) is 11.8 Å². The van der Waals surface area contributed by atoms with Gasteiger partial charge >= 0.3 is 0 Å². The summed E-state index contributed by atoms with van der Waals surface area (Å²) in [6, 6.07) is 5.70. The Hall–Kier alpha value is -1.06. The lowest BCUT2D eigenvalue weighted by molar-refractivity contribution is 0.0164. The normalized spacial score (nSPS) is 36.9. The van der Waals surface area contributed by atoms with E-state index in [0.717, 1.165) is 24.9 Å². The summed E-state index contributed by atoms with van der Waals surface area (Å²) in [5, 5.41) is 23.3. The van der Waals surface area contributed by atoms with Crippen LogP contribution in [0.1, 0.15) is 24.5 Å². The van der Waals surface area contributed by atoms with Crippen LogP contribution in [0.15, 0.2) is 18.2 Å². The monoisotopic (exact) mass is 219 g/mol. The molecule has 1 fully saturated rings. The first kappa shape index (κ1) is 10.1. The van der Waals surface area contributed by atoms with Crippen molar-refractivity contribution in [2.45, 2.75) is 37.3 Å². The van der Waals surface area contributed by atoms with Crippen molar-refractivity contribution in [3.8, 4) is 5.75 Å². The fraction of sp³-hybridized carbons (Fsp3) is 0.538. The molecule has 2 bridgehead atoms. The molecule has 0 aromatic heterocycles. The summed E-state index contributed by atoms with van der Waals surface area (Å²) in [6.45, 7) is 3.04. The van der Waals surface area contributed by atoms with Gasteiger partial charge in [0, 0.05) is 11.5 Å². The third-order valence-corrected chi connectivity index (χ3v) is 4.23. The lowest BCUT2D eigenvalue weighted by atomic mass is 9.63. The van der Waals surface area contributed by atoms with Crippen LogP contribution >= 0.6 is 0 Å². The maximum atomic E-state index is 10.3. The molecule has 2 aliphatic rings. The van der Waals surface area contributed by atoms with Crippen molar-refractivity contribution in [1.82, 2.24) is 5.32 Å². The number of fused-ring (bicyclic) bond motifs is 4. The highest BCUT2D eigenvalue weighted by molar-refractivity contribution is 5.44. The molecule has 1 aliphatic carbocycles. The van der Waals surface area contributed by atoms with E-state index in [1.165, 1.54) is 5.56 Å². The van der Waals surface area contributed by atoms with Crippen LogP contribution in [0, 0.1) is 0 Å². The molecule has 0 saturated carbocycles. The molecule has 0 radical (unpaired) electrons. The number of phenolic OH excluding ortho intramolecular Hbond substituents is 1. The predicted molar refractivity (Wildman–Crippen MR) is 61.6 cm³/mol. The van der Waals surface area contributed by atoms with E-state index in [-0.39, 0.29) is 17.6 Å². The van der Waals surface area contributed by atoms with E-state index in [4.69, 9.17) is 0 Å². The summed E-state index contributed by atoms with van der Waals surface area (Å²) in [5.74, 6) is 0.296. The minimum absolute atomic E-state index is 0.163. The summed E-state index contributed by atoms with van der Waals surface area (Å²) in [5.41, 5.74) is 2.17. The molecule has 0 spiro atoms. The lowest BCUT2D eigenvalue weighted by Gasteiger charge is -2.49. The number of rotatable bonds is 0. The summed E-state index contributed by atoms with van der Waals surface area (Å²) < 4.78 is 0. The number of benzene rings is 1. The Morgan fingerprint density at radius 1 is 1.44 bits per heavy atom. The van der Waals surface area contributed by atoms with Crippen LogP contribution in [0.5, 0.6) is 5.75 Å². The maximum absolute atomic E-state index is 10.3. The quantitative estimate of drug-likeness (QED) is 0.608. The highest BCUT2D eigenvalue weighted by atomic mass is 16.3. The lowest BCUT2D eigenvalue weighted by Crippen LogP contribution is -2.60. The highest BCUT2D eigenvalue weighted by Crippen LogP contribution is 2.43. The minimum atomic E-state index is -0.351. The van der Waals surface area contributed by atoms with E-state index >= 15 is 0 Å². The summed E-state index contributed by atoms with van der Waals surface area (Å²) >= 11 is 0. The van der Waals surface area contributed by atoms with E-state index in [1.807, 2.05) is 12.1 Å². The van der Waals surface area contributed by atoms with Crippen LogP contribution < -0.4 is 5.32 Å². The van der Waals surface area contributed by atoms with Crippen molar-refractivity contribution in [2.75, 3.05) is 6.54 Å². The van der Waals surface area contributed by atoms with Crippen molar-refractivity contribution in [2.24, 2.45) is 0 Å². The Labute approximate surface area is 95.1 Å². The topological polar surface area (TPSA) is 52.5 Å². The smallest absolute Gasteiger partial charge is 0.115 e. The van der Waals surface area contributed by atoms with Crippen molar-refractivity contribution in [1.29, 1.82) is 0 Å². The average Bonchev–Trinajstić information content (AvgIpc) is 2.25. The van der Waals surface area contributed by atoms with E-state index in [1.54, 1.807) is 6.07 Å². The molecule has 1 aromatic carbocycles. The van der Waals surface area contributed by atoms with E-state index in [2.05, 4.69) is 12.2 Å². The van der Waals surface area contributed by atoms with Gasteiger partial charge in [-0.3, -0.25) is 0 Å². The predicted octanol–water partition coefficient (Wildman–Crippen LogP) is 0.929. The largest absolute Gasteiger partial charge is 0.508 e. The highest BCUT2D eigenvalue weighted by Gasteiger charge is 2.47. The molecule has 86 valence electrons. The van der Waals surface area contributed by atoms with Gasteiger partial charge in [-0.25, -0.2) is 0 Å². The molecular formula is C13H17NO2. The number of aliphatic hydroxyl groups excluding tert-OH is 1. The van der Waals surface area contributed by atoms with Gasteiger partial charge in [-0.1, -0.05) is 13.0 Å². The third kappa shape index (κ3) is 1.22. The Balaban J connectivity index is 2.18. The van der Waals surface area contributed by atoms with Crippen molar-refractivity contribution >= 4 is 0 Å². The number of phenols is 1. The molecule has 1 unspecified atom stereocenters. The number of hydrogen-bond donors (Lipinski definition) is 3. The van der Waals surface area contributed by atoms with Gasteiger partial charge in [-0.05, 0) is 42.6 Å². The van der Waals surface area contributed by atoms with E-state index in [0.29, 0.717) is 5.75 Å². The SMILES string of the molecule is C[C@@]12CCNC(Cc3ccc(O)cc31)[C@H]2O. The van der Waals surface area contributed by atoms with Crippen molar-refractivity contribution < 1.29 is 10.2 Å². The van der Waals surface area contributed by atoms with E-state index in [9.17, 15) is 10.2 Å².